The number of carboxylic acid groups (broad SMARTS) is 1. The molecule has 0 spiro atoms. The number of halogens is 3. The van der Waals surface area contributed by atoms with Crippen molar-refractivity contribution in [2.45, 2.75) is 53.1 Å². The number of carbonyl (C=O) groups excluding carboxylic acids is 1. The first kappa shape index (κ1) is 32.2. The molecule has 0 radical (unpaired) electrons. The van der Waals surface area contributed by atoms with Gasteiger partial charge in [-0.1, -0.05) is 31.5 Å². The van der Waals surface area contributed by atoms with Crippen LogP contribution in [-0.4, -0.2) is 85.4 Å². The predicted molar refractivity (Wildman–Crippen MR) is 154 cm³/mol. The Bertz CT molecular complexity index is 1160. The molecule has 0 unspecified atom stereocenters. The Hall–Kier alpha value is -3.27. The minimum absolute atomic E-state index is 0.151. The van der Waals surface area contributed by atoms with Crippen LogP contribution in [0.25, 0.3) is 0 Å². The smallest absolute Gasteiger partial charge is 0.490 e. The van der Waals surface area contributed by atoms with Crippen LogP contribution in [0.2, 0.25) is 0 Å². The van der Waals surface area contributed by atoms with Crippen LogP contribution in [-0.2, 0) is 4.79 Å². The molecule has 1 amide bonds. The zero-order valence-electron chi connectivity index (χ0n) is 24.5. The lowest BCUT2D eigenvalue weighted by Gasteiger charge is -2.38. The number of hydrogen-bond acceptors (Lipinski definition) is 5. The largest absolute Gasteiger partial charge is 0.494 e. The van der Waals surface area contributed by atoms with E-state index in [-0.39, 0.29) is 5.91 Å². The molecule has 0 bridgehead atoms. The number of aliphatic carboxylic acids is 1. The number of likely N-dealkylation sites (tertiary alicyclic amines) is 1. The van der Waals surface area contributed by atoms with Crippen molar-refractivity contribution in [3.8, 4) is 5.75 Å². The van der Waals surface area contributed by atoms with Gasteiger partial charge in [-0.25, -0.2) is 4.79 Å². The zero-order chi connectivity index (χ0) is 30.2. The lowest BCUT2D eigenvalue weighted by molar-refractivity contribution is -0.192. The van der Waals surface area contributed by atoms with Gasteiger partial charge in [-0.2, -0.15) is 13.2 Å². The molecule has 2 heterocycles. The monoisotopic (exact) mass is 577 g/mol. The highest BCUT2D eigenvalue weighted by Gasteiger charge is 2.38. The molecule has 2 fully saturated rings. The fourth-order valence-corrected chi connectivity index (χ4v) is 5.27. The Morgan fingerprint density at radius 1 is 0.976 bits per heavy atom. The van der Waals surface area contributed by atoms with Crippen LogP contribution < -0.4 is 9.64 Å². The van der Waals surface area contributed by atoms with Crippen molar-refractivity contribution in [2.24, 2.45) is 5.41 Å². The fourth-order valence-electron chi connectivity index (χ4n) is 5.27. The van der Waals surface area contributed by atoms with E-state index in [9.17, 15) is 18.0 Å². The topological polar surface area (TPSA) is 73.3 Å². The lowest BCUT2D eigenvalue weighted by atomic mass is 9.84. The van der Waals surface area contributed by atoms with Crippen LogP contribution in [0.1, 0.15) is 54.6 Å². The summed E-state index contributed by atoms with van der Waals surface area (Å²) < 4.78 is 37.7. The van der Waals surface area contributed by atoms with E-state index in [4.69, 9.17) is 14.6 Å². The van der Waals surface area contributed by atoms with Gasteiger partial charge in [0.15, 0.2) is 0 Å². The van der Waals surface area contributed by atoms with Crippen LogP contribution in [0.5, 0.6) is 5.75 Å². The molecule has 4 rings (SSSR count). The summed E-state index contributed by atoms with van der Waals surface area (Å²) in [7, 11) is 0. The number of hydrogen-bond donors (Lipinski definition) is 1. The van der Waals surface area contributed by atoms with Gasteiger partial charge in [0, 0.05) is 50.5 Å². The third-order valence-electron chi connectivity index (χ3n) is 7.50. The predicted octanol–water partition coefficient (Wildman–Crippen LogP) is 5.79. The van der Waals surface area contributed by atoms with E-state index < -0.39 is 12.1 Å². The lowest BCUT2D eigenvalue weighted by Crippen LogP contribution is -2.49. The Morgan fingerprint density at radius 2 is 1.61 bits per heavy atom. The van der Waals surface area contributed by atoms with E-state index in [1.165, 1.54) is 31.6 Å². The summed E-state index contributed by atoms with van der Waals surface area (Å²) in [6, 6.07) is 14.6. The first-order valence-corrected chi connectivity index (χ1v) is 14.1. The number of piperazine rings is 1. The summed E-state index contributed by atoms with van der Waals surface area (Å²) in [4.78, 5) is 28.8. The maximum absolute atomic E-state index is 13.0. The average molecular weight is 578 g/mol. The van der Waals surface area contributed by atoms with Crippen molar-refractivity contribution in [1.82, 2.24) is 9.80 Å². The first-order chi connectivity index (χ1) is 19.2. The van der Waals surface area contributed by atoms with E-state index in [1.807, 2.05) is 30.9 Å². The van der Waals surface area contributed by atoms with E-state index in [0.29, 0.717) is 5.41 Å². The number of nitrogens with zero attached hydrogens (tertiary/aromatic N) is 3. The van der Waals surface area contributed by atoms with Crippen LogP contribution in [0.4, 0.5) is 18.9 Å². The number of carboxylic acids is 1. The quantitative estimate of drug-likeness (QED) is 0.420. The number of rotatable bonds is 7. The Labute approximate surface area is 240 Å². The number of aryl methyl sites for hydroxylation is 2. The molecule has 0 saturated carbocycles. The first-order valence-electron chi connectivity index (χ1n) is 14.1. The number of benzene rings is 2. The van der Waals surface area contributed by atoms with Gasteiger partial charge in [-0.15, -0.1) is 0 Å². The zero-order valence-corrected chi connectivity index (χ0v) is 24.5. The summed E-state index contributed by atoms with van der Waals surface area (Å²) in [5, 5.41) is 7.12. The number of alkyl halides is 3. The normalized spacial score (nSPS) is 17.4. The fraction of sp³-hybridized carbons (Fsp3) is 0.548. The molecule has 1 N–H and O–H groups in total. The summed E-state index contributed by atoms with van der Waals surface area (Å²) in [6.07, 6.45) is -1.37. The standard InChI is InChI=1S/C29H41N3O2.C2HF3O2/c1-23-7-8-24(2)27(21-23)28(33)32-18-16-31(17-19-32)25-9-11-26(12-10-25)34-20-6-15-30-14-5-13-29(3,4)22-30;3-2(4,5)1(6)7/h7-12,21H,5-6,13-20,22H2,1-4H3;(H,6,7). The molecule has 10 heteroatoms. The van der Waals surface area contributed by atoms with Gasteiger partial charge in [0.1, 0.15) is 5.75 Å². The maximum Gasteiger partial charge on any atom is 0.490 e. The molecule has 2 aliphatic heterocycles. The SMILES string of the molecule is Cc1ccc(C)c(C(=O)N2CCN(c3ccc(OCCCN4CCCC(C)(C)C4)cc3)CC2)c1.O=C(O)C(F)(F)F. The Kier molecular flexibility index (Phi) is 11.1. The number of carbonyl (C=O) groups is 2. The van der Waals surface area contributed by atoms with Gasteiger partial charge in [0.05, 0.1) is 6.61 Å². The molecule has 0 aliphatic carbocycles. The van der Waals surface area contributed by atoms with Gasteiger partial charge in [-0.3, -0.25) is 4.79 Å². The second-order valence-corrected chi connectivity index (χ2v) is 11.6. The summed E-state index contributed by atoms with van der Waals surface area (Å²) in [5.74, 6) is -1.67. The van der Waals surface area contributed by atoms with Crippen LogP contribution in [0.15, 0.2) is 42.5 Å². The van der Waals surface area contributed by atoms with Crippen molar-refractivity contribution in [2.75, 3.05) is 57.3 Å². The molecule has 2 saturated heterocycles. The third-order valence-corrected chi connectivity index (χ3v) is 7.50. The van der Waals surface area contributed by atoms with Gasteiger partial charge < -0.3 is 24.5 Å². The summed E-state index contributed by atoms with van der Waals surface area (Å²) in [5.41, 5.74) is 4.66. The highest BCUT2D eigenvalue weighted by molar-refractivity contribution is 5.96. The molecular formula is C31H42F3N3O4. The molecule has 2 aromatic rings. The van der Waals surface area contributed by atoms with E-state index in [2.05, 4.69) is 54.0 Å². The van der Waals surface area contributed by atoms with Gasteiger partial charge >= 0.3 is 12.1 Å². The highest BCUT2D eigenvalue weighted by Crippen LogP contribution is 2.28. The van der Waals surface area contributed by atoms with Crippen molar-refractivity contribution in [3.63, 3.8) is 0 Å². The summed E-state index contributed by atoms with van der Waals surface area (Å²) >= 11 is 0. The van der Waals surface area contributed by atoms with Gasteiger partial charge in [0.2, 0.25) is 0 Å². The maximum atomic E-state index is 13.0. The molecule has 0 aromatic heterocycles. The number of piperidine rings is 1. The van der Waals surface area contributed by atoms with Crippen molar-refractivity contribution >= 4 is 17.6 Å². The minimum Gasteiger partial charge on any atom is -0.494 e. The van der Waals surface area contributed by atoms with Crippen molar-refractivity contribution < 1.29 is 32.6 Å². The van der Waals surface area contributed by atoms with Crippen molar-refractivity contribution in [3.05, 3.63) is 59.2 Å². The van der Waals surface area contributed by atoms with Gasteiger partial charge in [-0.05, 0) is 81.0 Å². The molecule has 7 nitrogen and oxygen atoms in total. The second-order valence-electron chi connectivity index (χ2n) is 11.6. The molecule has 41 heavy (non-hydrogen) atoms. The van der Waals surface area contributed by atoms with Crippen molar-refractivity contribution in [1.29, 1.82) is 0 Å². The van der Waals surface area contributed by atoms with Gasteiger partial charge in [0.25, 0.3) is 5.91 Å². The Balaban J connectivity index is 0.000000587. The number of anilines is 1. The van der Waals surface area contributed by atoms with Crippen LogP contribution in [0.3, 0.4) is 0 Å². The van der Waals surface area contributed by atoms with E-state index in [1.54, 1.807) is 0 Å². The highest BCUT2D eigenvalue weighted by atomic mass is 19.4. The van der Waals surface area contributed by atoms with E-state index >= 15 is 0 Å². The Morgan fingerprint density at radius 3 is 2.20 bits per heavy atom. The molecule has 0 atom stereocenters. The molecular weight excluding hydrogens is 535 g/mol. The average Bonchev–Trinajstić information content (AvgIpc) is 2.92. The molecule has 2 aromatic carbocycles. The second kappa shape index (κ2) is 14.1. The minimum atomic E-state index is -5.08. The summed E-state index contributed by atoms with van der Waals surface area (Å²) in [6.45, 7) is 16.3. The van der Waals surface area contributed by atoms with E-state index in [0.717, 1.165) is 68.2 Å². The van der Waals surface area contributed by atoms with Crippen LogP contribution in [0, 0.1) is 19.3 Å². The molecule has 226 valence electrons. The number of amides is 1. The van der Waals surface area contributed by atoms with Crippen LogP contribution >= 0.6 is 0 Å². The number of ether oxygens (including phenoxy) is 1. The third kappa shape index (κ3) is 9.95. The molecule has 2 aliphatic rings.